The van der Waals surface area contributed by atoms with Gasteiger partial charge in [-0.2, -0.15) is 5.10 Å². The van der Waals surface area contributed by atoms with Crippen LogP contribution in [0.25, 0.3) is 10.8 Å². The highest BCUT2D eigenvalue weighted by Gasteiger charge is 2.26. The molecule has 0 saturated heterocycles. The largest absolute Gasteiger partial charge is 0.481 e. The van der Waals surface area contributed by atoms with Gasteiger partial charge in [-0.05, 0) is 36.2 Å². The number of hydrogen-bond donors (Lipinski definition) is 2. The van der Waals surface area contributed by atoms with Gasteiger partial charge in [0.15, 0.2) is 0 Å². The number of carboxylic acid groups (broad SMARTS) is 1. The smallest absolute Gasteiger partial charge is 0.313 e. The molecule has 3 rings (SSSR count). The third kappa shape index (κ3) is 3.67. The Hall–Kier alpha value is -1.79. The van der Waals surface area contributed by atoms with Gasteiger partial charge in [0.1, 0.15) is 5.92 Å². The predicted molar refractivity (Wildman–Crippen MR) is 103 cm³/mol. The van der Waals surface area contributed by atoms with Crippen molar-refractivity contribution in [1.29, 1.82) is 0 Å². The van der Waals surface area contributed by atoms with Gasteiger partial charge >= 0.3 is 5.97 Å². The van der Waals surface area contributed by atoms with Crippen molar-refractivity contribution in [1.82, 2.24) is 10.2 Å². The molecule has 0 aliphatic heterocycles. The van der Waals surface area contributed by atoms with Gasteiger partial charge in [0.25, 0.3) is 5.56 Å². The summed E-state index contributed by atoms with van der Waals surface area (Å²) in [5, 5.41) is 17.6. The monoisotopic (exact) mass is 430 g/mol. The second-order valence-corrected chi connectivity index (χ2v) is 7.22. The lowest BCUT2D eigenvalue weighted by Crippen LogP contribution is -2.20. The van der Waals surface area contributed by atoms with Crippen LogP contribution in [-0.4, -0.2) is 21.3 Å². The van der Waals surface area contributed by atoms with E-state index in [-0.39, 0.29) is 27.5 Å². The highest BCUT2D eigenvalue weighted by atomic mass is 35.5. The van der Waals surface area contributed by atoms with E-state index in [9.17, 15) is 14.7 Å². The molecule has 0 radical (unpaired) electrons. The molecular formula is C17H10Cl4N2O3. The summed E-state index contributed by atoms with van der Waals surface area (Å²) in [5.41, 5.74) is 0.353. The van der Waals surface area contributed by atoms with E-state index in [1.165, 1.54) is 12.1 Å². The number of carbonyl (C=O) groups is 1. The molecule has 1 unspecified atom stereocenters. The maximum atomic E-state index is 12.0. The van der Waals surface area contributed by atoms with Crippen molar-refractivity contribution in [3.05, 3.63) is 72.0 Å². The molecule has 1 atom stereocenters. The zero-order valence-electron chi connectivity index (χ0n) is 12.9. The van der Waals surface area contributed by atoms with Gasteiger partial charge in [-0.3, -0.25) is 9.59 Å². The van der Waals surface area contributed by atoms with Crippen LogP contribution in [0.1, 0.15) is 17.2 Å². The number of aromatic nitrogens is 2. The van der Waals surface area contributed by atoms with E-state index in [1.54, 1.807) is 18.2 Å². The van der Waals surface area contributed by atoms with E-state index in [0.717, 1.165) is 0 Å². The highest BCUT2D eigenvalue weighted by molar-refractivity contribution is 6.43. The van der Waals surface area contributed by atoms with Crippen LogP contribution in [0.15, 0.2) is 35.1 Å². The summed E-state index contributed by atoms with van der Waals surface area (Å²) in [4.78, 5) is 23.9. The van der Waals surface area contributed by atoms with Gasteiger partial charge in [-0.25, -0.2) is 5.10 Å². The maximum absolute atomic E-state index is 12.0. The standard InChI is InChI=1S/C17H10Cl4N2O3/c18-11-2-1-7(4-12(11)19)3-10(17(25)26)15-8-5-13(20)14(21)6-9(8)16(24)23-22-15/h1-2,4-6,10H,3H2,(H,23,24)(H,25,26). The fourth-order valence-corrected chi connectivity index (χ4v) is 3.29. The summed E-state index contributed by atoms with van der Waals surface area (Å²) in [6.07, 6.45) is 0.0978. The number of halogens is 4. The van der Waals surface area contributed by atoms with Gasteiger partial charge in [0.05, 0.1) is 31.2 Å². The first-order valence-corrected chi connectivity index (χ1v) is 8.83. The molecule has 0 fully saturated rings. The first-order chi connectivity index (χ1) is 12.3. The Balaban J connectivity index is 2.15. The third-order valence-corrected chi connectivity index (χ3v) is 5.37. The second-order valence-electron chi connectivity index (χ2n) is 5.59. The molecule has 2 N–H and O–H groups in total. The summed E-state index contributed by atoms with van der Waals surface area (Å²) >= 11 is 23.9. The third-order valence-electron chi connectivity index (χ3n) is 3.91. The van der Waals surface area contributed by atoms with Gasteiger partial charge in [0, 0.05) is 5.39 Å². The van der Waals surface area contributed by atoms with Crippen LogP contribution >= 0.6 is 46.4 Å². The molecule has 1 aromatic heterocycles. The fourth-order valence-electron chi connectivity index (χ4n) is 2.65. The normalized spacial score (nSPS) is 12.3. The number of nitrogens with one attached hydrogen (secondary N) is 1. The van der Waals surface area contributed by atoms with Crippen LogP contribution in [0, 0.1) is 0 Å². The Morgan fingerprint density at radius 1 is 1.00 bits per heavy atom. The van der Waals surface area contributed by atoms with Crippen LogP contribution in [0.2, 0.25) is 20.1 Å². The van der Waals surface area contributed by atoms with E-state index < -0.39 is 17.4 Å². The summed E-state index contributed by atoms with van der Waals surface area (Å²) < 4.78 is 0. The maximum Gasteiger partial charge on any atom is 0.313 e. The predicted octanol–water partition coefficient (Wildman–Crippen LogP) is 4.95. The highest BCUT2D eigenvalue weighted by Crippen LogP contribution is 2.32. The van der Waals surface area contributed by atoms with Gasteiger partial charge in [-0.15, -0.1) is 0 Å². The Labute approximate surface area is 167 Å². The Bertz CT molecular complexity index is 1080. The van der Waals surface area contributed by atoms with E-state index >= 15 is 0 Å². The van der Waals surface area contributed by atoms with Gasteiger partial charge in [-0.1, -0.05) is 52.5 Å². The molecule has 1 heterocycles. The number of aliphatic carboxylic acids is 1. The summed E-state index contributed by atoms with van der Waals surface area (Å²) in [6.45, 7) is 0. The van der Waals surface area contributed by atoms with E-state index in [4.69, 9.17) is 46.4 Å². The molecule has 0 saturated carbocycles. The summed E-state index contributed by atoms with van der Waals surface area (Å²) in [7, 11) is 0. The molecule has 0 bridgehead atoms. The second kappa shape index (κ2) is 7.45. The van der Waals surface area contributed by atoms with Crippen LogP contribution < -0.4 is 5.56 Å². The number of nitrogens with zero attached hydrogens (tertiary/aromatic N) is 1. The topological polar surface area (TPSA) is 83.0 Å². The Kier molecular flexibility index (Phi) is 5.44. The van der Waals surface area contributed by atoms with Crippen molar-refractivity contribution in [2.75, 3.05) is 0 Å². The van der Waals surface area contributed by atoms with E-state index in [1.807, 2.05) is 0 Å². The molecular weight excluding hydrogens is 422 g/mol. The zero-order chi connectivity index (χ0) is 19.0. The molecule has 2 aromatic carbocycles. The van der Waals surface area contributed by atoms with Gasteiger partial charge < -0.3 is 5.11 Å². The minimum absolute atomic E-state index is 0.0978. The minimum Gasteiger partial charge on any atom is -0.481 e. The van der Waals surface area contributed by atoms with Crippen molar-refractivity contribution in [2.24, 2.45) is 0 Å². The van der Waals surface area contributed by atoms with Crippen LogP contribution in [0.5, 0.6) is 0 Å². The average molecular weight is 432 g/mol. The van der Waals surface area contributed by atoms with E-state index in [2.05, 4.69) is 10.2 Å². The number of rotatable bonds is 4. The SMILES string of the molecule is O=C(O)C(Cc1ccc(Cl)c(Cl)c1)c1n[nH]c(=O)c2cc(Cl)c(Cl)cc12. The number of hydrogen-bond acceptors (Lipinski definition) is 3. The lowest BCUT2D eigenvalue weighted by atomic mass is 9.93. The first kappa shape index (κ1) is 19.0. The number of benzene rings is 2. The molecule has 0 spiro atoms. The molecule has 0 amide bonds. The fraction of sp³-hybridized carbons (Fsp3) is 0.118. The van der Waals surface area contributed by atoms with Crippen LogP contribution in [0.3, 0.4) is 0 Å². The number of carboxylic acids is 1. The Morgan fingerprint density at radius 2 is 1.62 bits per heavy atom. The number of H-pyrrole nitrogens is 1. The molecule has 3 aromatic rings. The van der Waals surface area contributed by atoms with Crippen molar-refractivity contribution in [3.63, 3.8) is 0 Å². The quantitative estimate of drug-likeness (QED) is 0.612. The van der Waals surface area contributed by atoms with Crippen molar-refractivity contribution < 1.29 is 9.90 Å². The zero-order valence-corrected chi connectivity index (χ0v) is 15.9. The summed E-state index contributed by atoms with van der Waals surface area (Å²) in [6, 6.07) is 7.70. The van der Waals surface area contributed by atoms with Crippen molar-refractivity contribution >= 4 is 63.1 Å². The van der Waals surface area contributed by atoms with Crippen LogP contribution in [-0.2, 0) is 11.2 Å². The first-order valence-electron chi connectivity index (χ1n) is 7.32. The van der Waals surface area contributed by atoms with E-state index in [0.29, 0.717) is 21.0 Å². The molecule has 0 aliphatic rings. The van der Waals surface area contributed by atoms with Crippen molar-refractivity contribution in [2.45, 2.75) is 12.3 Å². The number of fused-ring (bicyclic) bond motifs is 1. The minimum atomic E-state index is -1.11. The summed E-state index contributed by atoms with van der Waals surface area (Å²) in [5.74, 6) is -2.15. The van der Waals surface area contributed by atoms with Gasteiger partial charge in [0.2, 0.25) is 0 Å². The molecule has 0 aliphatic carbocycles. The molecule has 5 nitrogen and oxygen atoms in total. The van der Waals surface area contributed by atoms with Crippen LogP contribution in [0.4, 0.5) is 0 Å². The number of aromatic amines is 1. The Morgan fingerprint density at radius 3 is 2.23 bits per heavy atom. The lowest BCUT2D eigenvalue weighted by Gasteiger charge is -2.15. The van der Waals surface area contributed by atoms with Crippen molar-refractivity contribution in [3.8, 4) is 0 Å². The molecule has 9 heteroatoms. The average Bonchev–Trinajstić information content (AvgIpc) is 2.58. The lowest BCUT2D eigenvalue weighted by molar-refractivity contribution is -0.138. The molecule has 134 valence electrons. The molecule has 26 heavy (non-hydrogen) atoms.